The van der Waals surface area contributed by atoms with Gasteiger partial charge in [-0.05, 0) is 24.1 Å². The highest BCUT2D eigenvalue weighted by Gasteiger charge is 2.05. The highest BCUT2D eigenvalue weighted by atomic mass is 16.5. The number of aliphatic hydroxyl groups is 1. The van der Waals surface area contributed by atoms with Gasteiger partial charge >= 0.3 is 0 Å². The molecule has 2 aromatic rings. The van der Waals surface area contributed by atoms with E-state index in [1.807, 2.05) is 24.3 Å². The molecule has 2 N–H and O–H groups in total. The Balaban J connectivity index is 1.59. The van der Waals surface area contributed by atoms with Crippen molar-refractivity contribution in [1.82, 2.24) is 20.3 Å². The van der Waals surface area contributed by atoms with Crippen LogP contribution in [0.2, 0.25) is 0 Å². The summed E-state index contributed by atoms with van der Waals surface area (Å²) < 4.78 is 7.29. The van der Waals surface area contributed by atoms with Crippen LogP contribution in [0.4, 0.5) is 0 Å². The Morgan fingerprint density at radius 1 is 1.33 bits per heavy atom. The summed E-state index contributed by atoms with van der Waals surface area (Å²) in [4.78, 5) is 0. The first-order chi connectivity index (χ1) is 10.3. The van der Waals surface area contributed by atoms with Gasteiger partial charge in [-0.1, -0.05) is 24.3 Å². The quantitative estimate of drug-likeness (QED) is 0.671. The van der Waals surface area contributed by atoms with Gasteiger partial charge in [0.05, 0.1) is 12.7 Å². The lowest BCUT2D eigenvalue weighted by Gasteiger charge is -2.13. The second-order valence-corrected chi connectivity index (χ2v) is 4.83. The number of benzene rings is 1. The number of nitrogens with one attached hydrogen (secondary N) is 1. The first kappa shape index (κ1) is 15.5. The van der Waals surface area contributed by atoms with Crippen molar-refractivity contribution >= 4 is 0 Å². The maximum absolute atomic E-state index is 9.85. The Hall–Kier alpha value is -1.92. The Bertz CT molecular complexity index is 499. The number of nitrogens with zero attached hydrogens (tertiary/aromatic N) is 3. The molecule has 6 nitrogen and oxygen atoms in total. The summed E-state index contributed by atoms with van der Waals surface area (Å²) in [5, 5.41) is 20.6. The standard InChI is InChI=1S/C15H22N4O2/c1-2-13-3-5-15(6-4-13)21-12-14(20)11-16-7-9-19-10-8-17-18-19/h3-6,8,10,14,16,20H,2,7,9,11-12H2,1H3. The van der Waals surface area contributed by atoms with Crippen LogP contribution >= 0.6 is 0 Å². The lowest BCUT2D eigenvalue weighted by molar-refractivity contribution is 0.106. The molecule has 1 aromatic carbocycles. The molecule has 0 saturated heterocycles. The van der Waals surface area contributed by atoms with Crippen molar-refractivity contribution in [3.8, 4) is 5.75 Å². The van der Waals surface area contributed by atoms with E-state index < -0.39 is 6.10 Å². The predicted molar refractivity (Wildman–Crippen MR) is 80.2 cm³/mol. The van der Waals surface area contributed by atoms with Crippen molar-refractivity contribution in [1.29, 1.82) is 0 Å². The number of aliphatic hydroxyl groups excluding tert-OH is 1. The number of hydrogen-bond acceptors (Lipinski definition) is 5. The topological polar surface area (TPSA) is 72.2 Å². The zero-order chi connectivity index (χ0) is 14.9. The van der Waals surface area contributed by atoms with Gasteiger partial charge in [0.15, 0.2) is 0 Å². The minimum atomic E-state index is -0.536. The van der Waals surface area contributed by atoms with E-state index in [0.29, 0.717) is 6.54 Å². The Morgan fingerprint density at radius 2 is 2.14 bits per heavy atom. The van der Waals surface area contributed by atoms with Crippen molar-refractivity contribution in [2.24, 2.45) is 0 Å². The summed E-state index contributed by atoms with van der Waals surface area (Å²) in [6, 6.07) is 7.95. The minimum Gasteiger partial charge on any atom is -0.491 e. The fraction of sp³-hybridized carbons (Fsp3) is 0.467. The summed E-state index contributed by atoms with van der Waals surface area (Å²) in [5.41, 5.74) is 1.28. The molecule has 2 rings (SSSR count). The molecule has 0 fully saturated rings. The van der Waals surface area contributed by atoms with Gasteiger partial charge in [0.25, 0.3) is 0 Å². The molecular weight excluding hydrogens is 268 g/mol. The third kappa shape index (κ3) is 5.53. The van der Waals surface area contributed by atoms with E-state index in [4.69, 9.17) is 4.74 Å². The Labute approximate surface area is 124 Å². The van der Waals surface area contributed by atoms with Crippen LogP contribution in [0.5, 0.6) is 5.75 Å². The van der Waals surface area contributed by atoms with Gasteiger partial charge in [-0.3, -0.25) is 4.68 Å². The van der Waals surface area contributed by atoms with E-state index >= 15 is 0 Å². The van der Waals surface area contributed by atoms with Gasteiger partial charge in [0.2, 0.25) is 0 Å². The molecule has 0 radical (unpaired) electrons. The van der Waals surface area contributed by atoms with Gasteiger partial charge in [0.1, 0.15) is 18.5 Å². The molecule has 0 saturated carbocycles. The molecular formula is C15H22N4O2. The maximum Gasteiger partial charge on any atom is 0.119 e. The second-order valence-electron chi connectivity index (χ2n) is 4.83. The molecule has 1 unspecified atom stereocenters. The van der Waals surface area contributed by atoms with Crippen LogP contribution in [0.25, 0.3) is 0 Å². The molecule has 1 atom stereocenters. The normalized spacial score (nSPS) is 12.3. The molecule has 1 heterocycles. The highest BCUT2D eigenvalue weighted by molar-refractivity contribution is 5.27. The van der Waals surface area contributed by atoms with Crippen molar-refractivity contribution in [2.75, 3.05) is 19.7 Å². The molecule has 0 aliphatic heterocycles. The van der Waals surface area contributed by atoms with E-state index in [9.17, 15) is 5.11 Å². The fourth-order valence-electron chi connectivity index (χ4n) is 1.89. The predicted octanol–water partition coefficient (Wildman–Crippen LogP) is 0.870. The summed E-state index contributed by atoms with van der Waals surface area (Å²) in [6.07, 6.45) is 3.93. The van der Waals surface area contributed by atoms with Crippen molar-refractivity contribution < 1.29 is 9.84 Å². The number of rotatable bonds is 9. The first-order valence-corrected chi connectivity index (χ1v) is 7.22. The summed E-state index contributed by atoms with van der Waals surface area (Å²) >= 11 is 0. The van der Waals surface area contributed by atoms with Crippen molar-refractivity contribution in [2.45, 2.75) is 26.0 Å². The lowest BCUT2D eigenvalue weighted by atomic mass is 10.2. The molecule has 0 spiro atoms. The maximum atomic E-state index is 9.85. The molecule has 0 aliphatic carbocycles. The van der Waals surface area contributed by atoms with Crippen LogP contribution in [0, 0.1) is 0 Å². The summed E-state index contributed by atoms with van der Waals surface area (Å²) in [6.45, 7) is 4.34. The van der Waals surface area contributed by atoms with E-state index in [0.717, 1.165) is 25.3 Å². The lowest BCUT2D eigenvalue weighted by Crippen LogP contribution is -2.33. The molecule has 0 bridgehead atoms. The molecule has 114 valence electrons. The average Bonchev–Trinajstić information content (AvgIpc) is 3.03. The van der Waals surface area contributed by atoms with E-state index in [2.05, 4.69) is 22.6 Å². The van der Waals surface area contributed by atoms with Crippen molar-refractivity contribution in [3.63, 3.8) is 0 Å². The molecule has 1 aromatic heterocycles. The molecule has 21 heavy (non-hydrogen) atoms. The summed E-state index contributed by atoms with van der Waals surface area (Å²) in [7, 11) is 0. The highest BCUT2D eigenvalue weighted by Crippen LogP contribution is 2.12. The fourth-order valence-corrected chi connectivity index (χ4v) is 1.89. The van der Waals surface area contributed by atoms with Crippen LogP contribution < -0.4 is 10.1 Å². The second kappa shape index (κ2) is 8.39. The van der Waals surface area contributed by atoms with Gasteiger partial charge in [-0.15, -0.1) is 5.10 Å². The van der Waals surface area contributed by atoms with Crippen LogP contribution in [-0.4, -0.2) is 45.9 Å². The van der Waals surface area contributed by atoms with Crippen LogP contribution in [0.1, 0.15) is 12.5 Å². The van der Waals surface area contributed by atoms with Gasteiger partial charge < -0.3 is 15.2 Å². The monoisotopic (exact) mass is 290 g/mol. The van der Waals surface area contributed by atoms with Gasteiger partial charge in [-0.2, -0.15) is 0 Å². The Kier molecular flexibility index (Phi) is 6.18. The smallest absolute Gasteiger partial charge is 0.119 e. The van der Waals surface area contributed by atoms with Crippen LogP contribution in [0.3, 0.4) is 0 Å². The zero-order valence-corrected chi connectivity index (χ0v) is 12.3. The minimum absolute atomic E-state index is 0.280. The van der Waals surface area contributed by atoms with E-state index in [1.165, 1.54) is 5.56 Å². The third-order valence-electron chi connectivity index (χ3n) is 3.14. The SMILES string of the molecule is CCc1ccc(OCC(O)CNCCn2ccnn2)cc1. The summed E-state index contributed by atoms with van der Waals surface area (Å²) in [5.74, 6) is 0.786. The van der Waals surface area contributed by atoms with Crippen molar-refractivity contribution in [3.05, 3.63) is 42.2 Å². The van der Waals surface area contributed by atoms with Gasteiger partial charge in [-0.25, -0.2) is 0 Å². The number of ether oxygens (including phenoxy) is 1. The van der Waals surface area contributed by atoms with E-state index in [1.54, 1.807) is 17.1 Å². The van der Waals surface area contributed by atoms with E-state index in [-0.39, 0.29) is 6.61 Å². The zero-order valence-electron chi connectivity index (χ0n) is 12.3. The number of aromatic nitrogens is 3. The molecule has 6 heteroatoms. The third-order valence-corrected chi connectivity index (χ3v) is 3.14. The first-order valence-electron chi connectivity index (χ1n) is 7.22. The van der Waals surface area contributed by atoms with Gasteiger partial charge in [0, 0.05) is 19.3 Å². The molecule has 0 amide bonds. The molecule has 0 aliphatic rings. The van der Waals surface area contributed by atoms with Crippen LogP contribution in [0.15, 0.2) is 36.7 Å². The average molecular weight is 290 g/mol. The van der Waals surface area contributed by atoms with Crippen LogP contribution in [-0.2, 0) is 13.0 Å². The number of hydrogen-bond donors (Lipinski definition) is 2. The number of aryl methyl sites for hydroxylation is 1. The largest absolute Gasteiger partial charge is 0.491 e. The Morgan fingerprint density at radius 3 is 2.81 bits per heavy atom.